The Balaban J connectivity index is 2.17. The molecule has 4 nitrogen and oxygen atoms in total. The zero-order chi connectivity index (χ0) is 18.6. The summed E-state index contributed by atoms with van der Waals surface area (Å²) in [6.07, 6.45) is -4.69. The lowest BCUT2D eigenvalue weighted by Crippen LogP contribution is -2.65. The summed E-state index contributed by atoms with van der Waals surface area (Å²) in [6, 6.07) is 6.53. The molecule has 0 aromatic heterocycles. The molecule has 7 heteroatoms. The standard InChI is InChI=1S/C18H20F3NO3/c1-16(2)11-6-4-5-7-12(11)17(15(24)25-3)8-9-22(13(16)10-17)14(23)18(19,20)21/h4-7,13H,8-10H2,1-3H3. The highest BCUT2D eigenvalue weighted by molar-refractivity contribution is 5.87. The Morgan fingerprint density at radius 3 is 2.36 bits per heavy atom. The molecule has 1 saturated heterocycles. The maximum absolute atomic E-state index is 13.0. The van der Waals surface area contributed by atoms with Crippen molar-refractivity contribution in [2.24, 2.45) is 0 Å². The van der Waals surface area contributed by atoms with Crippen molar-refractivity contribution in [3.05, 3.63) is 35.4 Å². The molecule has 0 spiro atoms. The number of ether oxygens (including phenoxy) is 1. The van der Waals surface area contributed by atoms with Crippen molar-refractivity contribution in [1.82, 2.24) is 4.90 Å². The summed E-state index contributed by atoms with van der Waals surface area (Å²) in [7, 11) is 1.28. The molecule has 1 amide bonds. The Labute approximate surface area is 143 Å². The number of carbonyl (C=O) groups excluding carboxylic acids is 2. The van der Waals surface area contributed by atoms with E-state index in [-0.39, 0.29) is 19.4 Å². The first-order valence-corrected chi connectivity index (χ1v) is 8.12. The molecule has 0 N–H and O–H groups in total. The average molecular weight is 355 g/mol. The quantitative estimate of drug-likeness (QED) is 0.728. The van der Waals surface area contributed by atoms with Crippen LogP contribution in [0.15, 0.2) is 24.3 Å². The second kappa shape index (κ2) is 5.47. The molecule has 1 heterocycles. The van der Waals surface area contributed by atoms with Gasteiger partial charge < -0.3 is 9.64 Å². The molecule has 1 aromatic carbocycles. The Bertz CT molecular complexity index is 729. The van der Waals surface area contributed by atoms with Gasteiger partial charge in [-0.15, -0.1) is 0 Å². The van der Waals surface area contributed by atoms with E-state index in [0.717, 1.165) is 16.0 Å². The van der Waals surface area contributed by atoms with Crippen molar-refractivity contribution in [2.75, 3.05) is 13.7 Å². The molecule has 25 heavy (non-hydrogen) atoms. The molecule has 136 valence electrons. The number of halogens is 3. The van der Waals surface area contributed by atoms with Crippen molar-refractivity contribution >= 4 is 11.9 Å². The number of methoxy groups -OCH3 is 1. The number of benzene rings is 1. The van der Waals surface area contributed by atoms with Gasteiger partial charge in [-0.05, 0) is 24.0 Å². The first-order valence-electron chi connectivity index (χ1n) is 8.12. The number of carbonyl (C=O) groups is 2. The molecule has 3 rings (SSSR count). The third-order valence-electron chi connectivity index (χ3n) is 5.75. The van der Waals surface area contributed by atoms with Crippen LogP contribution in [0.3, 0.4) is 0 Å². The summed E-state index contributed by atoms with van der Waals surface area (Å²) < 4.78 is 44.1. The van der Waals surface area contributed by atoms with Gasteiger partial charge in [0.2, 0.25) is 0 Å². The highest BCUT2D eigenvalue weighted by atomic mass is 19.4. The molecule has 1 fully saturated rings. The maximum atomic E-state index is 13.0. The molecule has 1 aliphatic heterocycles. The second-order valence-corrected chi connectivity index (χ2v) is 7.31. The topological polar surface area (TPSA) is 46.6 Å². The molecule has 2 unspecified atom stereocenters. The summed E-state index contributed by atoms with van der Waals surface area (Å²) in [6.45, 7) is 3.51. The molecular weight excluding hydrogens is 335 g/mol. The smallest absolute Gasteiger partial charge is 0.468 e. The summed E-state index contributed by atoms with van der Waals surface area (Å²) in [5, 5.41) is 0. The fourth-order valence-electron chi connectivity index (χ4n) is 4.44. The van der Waals surface area contributed by atoms with Crippen molar-refractivity contribution in [1.29, 1.82) is 0 Å². The SMILES string of the molecule is COC(=O)C12CCN(C(=O)C(F)(F)F)C(C1)C(C)(C)c1ccccc12. The van der Waals surface area contributed by atoms with Crippen molar-refractivity contribution < 1.29 is 27.5 Å². The van der Waals surface area contributed by atoms with E-state index in [1.165, 1.54) is 7.11 Å². The van der Waals surface area contributed by atoms with E-state index in [9.17, 15) is 22.8 Å². The van der Waals surface area contributed by atoms with Gasteiger partial charge in [0.15, 0.2) is 0 Å². The van der Waals surface area contributed by atoms with E-state index < -0.39 is 34.9 Å². The summed E-state index contributed by atoms with van der Waals surface area (Å²) in [4.78, 5) is 25.4. The van der Waals surface area contributed by atoms with Crippen LogP contribution in [0.4, 0.5) is 13.2 Å². The number of esters is 1. The second-order valence-electron chi connectivity index (χ2n) is 7.31. The molecule has 2 atom stereocenters. The van der Waals surface area contributed by atoms with Gasteiger partial charge in [0.1, 0.15) is 0 Å². The molecular formula is C18H20F3NO3. The largest absolute Gasteiger partial charge is 0.471 e. The van der Waals surface area contributed by atoms with Crippen LogP contribution in [0.25, 0.3) is 0 Å². The molecule has 1 aliphatic carbocycles. The lowest BCUT2D eigenvalue weighted by atomic mass is 9.56. The minimum Gasteiger partial charge on any atom is -0.468 e. The van der Waals surface area contributed by atoms with E-state index in [4.69, 9.17) is 4.74 Å². The van der Waals surface area contributed by atoms with Gasteiger partial charge in [-0.2, -0.15) is 13.2 Å². The van der Waals surface area contributed by atoms with Crippen molar-refractivity contribution in [3.63, 3.8) is 0 Å². The van der Waals surface area contributed by atoms with Crippen LogP contribution < -0.4 is 0 Å². The van der Waals surface area contributed by atoms with Crippen LogP contribution in [0.2, 0.25) is 0 Å². The van der Waals surface area contributed by atoms with Crippen LogP contribution in [0.1, 0.15) is 37.8 Å². The number of alkyl halides is 3. The van der Waals surface area contributed by atoms with Crippen molar-refractivity contribution in [3.8, 4) is 0 Å². The van der Waals surface area contributed by atoms with Gasteiger partial charge in [-0.25, -0.2) is 0 Å². The Kier molecular flexibility index (Phi) is 3.89. The zero-order valence-corrected chi connectivity index (χ0v) is 14.3. The monoisotopic (exact) mass is 355 g/mol. The van der Waals surface area contributed by atoms with E-state index in [1.54, 1.807) is 6.07 Å². The van der Waals surface area contributed by atoms with E-state index in [2.05, 4.69) is 0 Å². The highest BCUT2D eigenvalue weighted by Gasteiger charge is 2.60. The molecule has 0 radical (unpaired) electrons. The summed E-state index contributed by atoms with van der Waals surface area (Å²) in [5.74, 6) is -2.30. The van der Waals surface area contributed by atoms with Gasteiger partial charge >= 0.3 is 18.1 Å². The number of hydrogen-bond acceptors (Lipinski definition) is 3. The van der Waals surface area contributed by atoms with Gasteiger partial charge in [0.25, 0.3) is 0 Å². The van der Waals surface area contributed by atoms with Crippen LogP contribution in [-0.2, 0) is 25.2 Å². The Morgan fingerprint density at radius 1 is 1.20 bits per heavy atom. The van der Waals surface area contributed by atoms with E-state index in [1.807, 2.05) is 32.0 Å². The summed E-state index contributed by atoms with van der Waals surface area (Å²) in [5.41, 5.74) is -0.137. The van der Waals surface area contributed by atoms with Gasteiger partial charge in [0.05, 0.1) is 12.5 Å². The van der Waals surface area contributed by atoms with Crippen LogP contribution in [0.5, 0.6) is 0 Å². The number of fused-ring (bicyclic) bond motifs is 4. The number of piperidine rings is 1. The van der Waals surface area contributed by atoms with Gasteiger partial charge in [-0.1, -0.05) is 38.1 Å². The van der Waals surface area contributed by atoms with Crippen LogP contribution in [0, 0.1) is 0 Å². The van der Waals surface area contributed by atoms with E-state index in [0.29, 0.717) is 0 Å². The van der Waals surface area contributed by atoms with Gasteiger partial charge in [-0.3, -0.25) is 9.59 Å². The maximum Gasteiger partial charge on any atom is 0.471 e. The number of nitrogens with zero attached hydrogens (tertiary/aromatic N) is 1. The van der Waals surface area contributed by atoms with Crippen molar-refractivity contribution in [2.45, 2.75) is 49.7 Å². The number of hydrogen-bond donors (Lipinski definition) is 0. The Hall–Kier alpha value is -2.05. The molecule has 2 bridgehead atoms. The molecule has 0 saturated carbocycles. The normalized spacial score (nSPS) is 27.4. The number of likely N-dealkylation sites (tertiary alicyclic amines) is 1. The van der Waals surface area contributed by atoms with Crippen LogP contribution in [-0.4, -0.2) is 42.6 Å². The number of rotatable bonds is 1. The minimum atomic E-state index is -4.93. The zero-order valence-electron chi connectivity index (χ0n) is 14.3. The molecule has 1 aromatic rings. The average Bonchev–Trinajstić information content (AvgIpc) is 2.58. The number of amides is 1. The predicted octanol–water partition coefficient (Wildman–Crippen LogP) is 2.94. The Morgan fingerprint density at radius 2 is 1.80 bits per heavy atom. The first kappa shape index (κ1) is 17.8. The first-order chi connectivity index (χ1) is 11.6. The minimum absolute atomic E-state index is 0.116. The lowest BCUT2D eigenvalue weighted by Gasteiger charge is -2.56. The highest BCUT2D eigenvalue weighted by Crippen LogP contribution is 2.53. The van der Waals surface area contributed by atoms with Crippen LogP contribution >= 0.6 is 0 Å². The lowest BCUT2D eigenvalue weighted by molar-refractivity contribution is -0.193. The van der Waals surface area contributed by atoms with E-state index >= 15 is 0 Å². The predicted molar refractivity (Wildman–Crippen MR) is 84.0 cm³/mol. The van der Waals surface area contributed by atoms with Gasteiger partial charge in [0, 0.05) is 18.0 Å². The molecule has 2 aliphatic rings. The fraction of sp³-hybridized carbons (Fsp3) is 0.556. The summed E-state index contributed by atoms with van der Waals surface area (Å²) >= 11 is 0. The third kappa shape index (κ3) is 2.43. The third-order valence-corrected chi connectivity index (χ3v) is 5.75. The fourth-order valence-corrected chi connectivity index (χ4v) is 4.44.